The second-order valence-electron chi connectivity index (χ2n) is 9.89. The van der Waals surface area contributed by atoms with Gasteiger partial charge in [0.15, 0.2) is 17.3 Å². The number of hydrazone groups is 1. The largest absolute Gasteiger partial charge is 0.493 e. The molecule has 0 saturated heterocycles. The number of ether oxygens (including phenoxy) is 2. The van der Waals surface area contributed by atoms with Crippen LogP contribution in [0.5, 0.6) is 11.5 Å². The van der Waals surface area contributed by atoms with Crippen molar-refractivity contribution >= 4 is 17.2 Å². The molecule has 0 amide bonds. The normalized spacial score (nSPS) is 12.9. The highest BCUT2D eigenvalue weighted by Gasteiger charge is 2.26. The number of Topliss-reactive ketones (excluding diaryl/α,β-unsaturated/α-hetero) is 1. The number of hydrogen-bond acceptors (Lipinski definition) is 7. The van der Waals surface area contributed by atoms with Crippen LogP contribution in [0.15, 0.2) is 57.8 Å². The maximum Gasteiger partial charge on any atom is 0.184 e. The van der Waals surface area contributed by atoms with Gasteiger partial charge in [-0.25, -0.2) is 0 Å². The SMILES string of the molecule is C=C(C)C(/C=C(C)\C(C)=N\N(CC(=O)c1cc(OCCO)c(OC)c(C(C)(C)C)c1)/C(=C\C)CC)=NC.CC. The Bertz CT molecular complexity index is 1090. The van der Waals surface area contributed by atoms with Crippen LogP contribution in [0.3, 0.4) is 0 Å². The summed E-state index contributed by atoms with van der Waals surface area (Å²) in [6.07, 6.45) is 4.64. The Hall–Kier alpha value is -3.19. The van der Waals surface area contributed by atoms with Crippen molar-refractivity contribution in [1.29, 1.82) is 0 Å². The number of carbonyl (C=O) groups excluding carboxylic acids is 1. The average Bonchev–Trinajstić information content (AvgIpc) is 2.90. The monoisotopic (exact) mass is 541 g/mol. The Morgan fingerprint density at radius 2 is 1.79 bits per heavy atom. The third-order valence-electron chi connectivity index (χ3n) is 5.93. The molecule has 1 N–H and O–H groups in total. The van der Waals surface area contributed by atoms with Gasteiger partial charge in [0, 0.05) is 23.9 Å². The van der Waals surface area contributed by atoms with E-state index in [2.05, 4.69) is 32.3 Å². The van der Waals surface area contributed by atoms with E-state index in [1.54, 1.807) is 25.2 Å². The molecule has 0 aliphatic rings. The molecule has 0 fully saturated rings. The molecule has 0 unspecified atom stereocenters. The van der Waals surface area contributed by atoms with Crippen LogP contribution >= 0.6 is 0 Å². The zero-order valence-corrected chi connectivity index (χ0v) is 26.4. The van der Waals surface area contributed by atoms with Crippen molar-refractivity contribution in [3.05, 3.63) is 58.8 Å². The van der Waals surface area contributed by atoms with Crippen LogP contribution in [-0.4, -0.2) is 61.2 Å². The van der Waals surface area contributed by atoms with Gasteiger partial charge < -0.3 is 14.6 Å². The van der Waals surface area contributed by atoms with Crippen LogP contribution in [-0.2, 0) is 5.41 Å². The van der Waals surface area contributed by atoms with E-state index in [9.17, 15) is 9.90 Å². The summed E-state index contributed by atoms with van der Waals surface area (Å²) in [5.41, 5.74) is 5.38. The molecule has 0 aromatic heterocycles. The number of aliphatic hydroxyl groups excluding tert-OH is 1. The van der Waals surface area contributed by atoms with Crippen LogP contribution in [0.2, 0.25) is 0 Å². The summed E-state index contributed by atoms with van der Waals surface area (Å²) >= 11 is 0. The minimum absolute atomic E-state index is 0.0582. The minimum Gasteiger partial charge on any atom is -0.493 e. The third kappa shape index (κ3) is 10.8. The molecule has 0 bridgehead atoms. The predicted molar refractivity (Wildman–Crippen MR) is 166 cm³/mol. The number of carbonyl (C=O) groups is 1. The topological polar surface area (TPSA) is 83.7 Å². The van der Waals surface area contributed by atoms with E-state index in [1.807, 2.05) is 66.7 Å². The number of aliphatic hydroxyl groups is 1. The van der Waals surface area contributed by atoms with Crippen molar-refractivity contribution in [2.75, 3.05) is 33.9 Å². The summed E-state index contributed by atoms with van der Waals surface area (Å²) in [7, 11) is 3.31. The molecule has 0 heterocycles. The van der Waals surface area contributed by atoms with E-state index in [0.29, 0.717) is 17.1 Å². The first-order valence-electron chi connectivity index (χ1n) is 13.6. The molecule has 1 aromatic rings. The zero-order valence-electron chi connectivity index (χ0n) is 26.4. The quantitative estimate of drug-likeness (QED) is 0.163. The summed E-state index contributed by atoms with van der Waals surface area (Å²) in [6.45, 7) is 23.9. The summed E-state index contributed by atoms with van der Waals surface area (Å²) in [6, 6.07) is 3.55. The Balaban J connectivity index is 0.00000704. The fraction of sp³-hybridized carbons (Fsp3) is 0.531. The van der Waals surface area contributed by atoms with E-state index in [0.717, 1.165) is 40.3 Å². The van der Waals surface area contributed by atoms with Crippen molar-refractivity contribution in [2.24, 2.45) is 10.1 Å². The molecule has 39 heavy (non-hydrogen) atoms. The van der Waals surface area contributed by atoms with Gasteiger partial charge in [-0.1, -0.05) is 54.2 Å². The summed E-state index contributed by atoms with van der Waals surface area (Å²) in [4.78, 5) is 17.9. The minimum atomic E-state index is -0.297. The first-order chi connectivity index (χ1) is 18.3. The molecule has 1 rings (SSSR count). The van der Waals surface area contributed by atoms with Gasteiger partial charge in [-0.15, -0.1) is 0 Å². The number of allylic oxidation sites excluding steroid dienone is 5. The van der Waals surface area contributed by atoms with Crippen LogP contribution in [0, 0.1) is 0 Å². The number of benzene rings is 1. The fourth-order valence-corrected chi connectivity index (χ4v) is 3.71. The van der Waals surface area contributed by atoms with Gasteiger partial charge in [0.2, 0.25) is 0 Å². The molecule has 0 aliphatic heterocycles. The maximum absolute atomic E-state index is 13.6. The fourth-order valence-electron chi connectivity index (χ4n) is 3.71. The Labute approximate surface area is 237 Å². The highest BCUT2D eigenvalue weighted by molar-refractivity contribution is 6.12. The van der Waals surface area contributed by atoms with Crippen molar-refractivity contribution < 1.29 is 19.4 Å². The average molecular weight is 542 g/mol. The van der Waals surface area contributed by atoms with Gasteiger partial charge in [0.05, 0.1) is 25.1 Å². The highest BCUT2D eigenvalue weighted by atomic mass is 16.5. The van der Waals surface area contributed by atoms with Gasteiger partial charge in [-0.2, -0.15) is 5.10 Å². The molecule has 1 aromatic carbocycles. The maximum atomic E-state index is 13.6. The highest BCUT2D eigenvalue weighted by Crippen LogP contribution is 2.40. The molecule has 7 nitrogen and oxygen atoms in total. The zero-order chi connectivity index (χ0) is 30.3. The summed E-state index contributed by atoms with van der Waals surface area (Å²) in [5, 5.41) is 15.9. The number of rotatable bonds is 13. The molecule has 7 heteroatoms. The van der Waals surface area contributed by atoms with Gasteiger partial charge in [0.25, 0.3) is 0 Å². The van der Waals surface area contributed by atoms with Crippen LogP contribution in [0.25, 0.3) is 0 Å². The van der Waals surface area contributed by atoms with Gasteiger partial charge >= 0.3 is 0 Å². The lowest BCUT2D eigenvalue weighted by atomic mass is 9.84. The molecule has 0 aliphatic carbocycles. The van der Waals surface area contributed by atoms with Crippen LogP contribution < -0.4 is 9.47 Å². The van der Waals surface area contributed by atoms with E-state index in [-0.39, 0.29) is 31.0 Å². The first kappa shape index (κ1) is 35.8. The number of aliphatic imine (C=N–C) groups is 1. The van der Waals surface area contributed by atoms with E-state index >= 15 is 0 Å². The molecule has 0 radical (unpaired) electrons. The van der Waals surface area contributed by atoms with E-state index in [4.69, 9.17) is 14.6 Å². The molecule has 0 saturated carbocycles. The second-order valence-corrected chi connectivity index (χ2v) is 9.89. The smallest absolute Gasteiger partial charge is 0.184 e. The lowest BCUT2D eigenvalue weighted by Crippen LogP contribution is -2.26. The Morgan fingerprint density at radius 1 is 1.18 bits per heavy atom. The number of hydrogen-bond donors (Lipinski definition) is 1. The van der Waals surface area contributed by atoms with Crippen molar-refractivity contribution in [3.63, 3.8) is 0 Å². The predicted octanol–water partition coefficient (Wildman–Crippen LogP) is 7.16. The van der Waals surface area contributed by atoms with Crippen molar-refractivity contribution in [2.45, 2.75) is 81.1 Å². The Morgan fingerprint density at radius 3 is 2.23 bits per heavy atom. The number of ketones is 1. The molecular weight excluding hydrogens is 490 g/mol. The van der Waals surface area contributed by atoms with Gasteiger partial charge in [0.1, 0.15) is 13.2 Å². The molecule has 0 atom stereocenters. The van der Waals surface area contributed by atoms with Crippen molar-refractivity contribution in [3.8, 4) is 11.5 Å². The van der Waals surface area contributed by atoms with Gasteiger partial charge in [-0.05, 0) is 68.9 Å². The molecule has 0 spiro atoms. The second kappa shape index (κ2) is 17.4. The summed E-state index contributed by atoms with van der Waals surface area (Å²) < 4.78 is 11.4. The van der Waals surface area contributed by atoms with E-state index in [1.165, 1.54) is 0 Å². The molecule has 218 valence electrons. The Kier molecular flexibility index (Phi) is 16.0. The lowest BCUT2D eigenvalue weighted by Gasteiger charge is -2.26. The van der Waals surface area contributed by atoms with Crippen LogP contribution in [0.1, 0.15) is 91.6 Å². The van der Waals surface area contributed by atoms with Crippen LogP contribution in [0.4, 0.5) is 0 Å². The standard InChI is InChI=1S/C30H45N3O4.C2H6/c1-12-24(13-2)33(32-22(6)21(5)16-26(31-10)20(3)4)19-27(35)23-17-25(30(7,8)9)29(36-11)28(18-23)37-15-14-34;1-2/h12,16-18,34H,3,13-15,19H2,1-2,4-11H3;1-2H3/b21-16-,24-12-,31-26?,32-22+;. The third-order valence-corrected chi connectivity index (χ3v) is 5.93. The summed E-state index contributed by atoms with van der Waals surface area (Å²) in [5.74, 6) is 0.897. The number of nitrogens with zero attached hydrogens (tertiary/aromatic N) is 3. The van der Waals surface area contributed by atoms with Crippen molar-refractivity contribution in [1.82, 2.24) is 5.01 Å². The first-order valence-corrected chi connectivity index (χ1v) is 13.6. The van der Waals surface area contributed by atoms with Gasteiger partial charge in [-0.3, -0.25) is 14.8 Å². The molecular formula is C32H51N3O4. The van der Waals surface area contributed by atoms with E-state index < -0.39 is 0 Å². The number of methoxy groups -OCH3 is 1. The lowest BCUT2D eigenvalue weighted by molar-refractivity contribution is 0.0949.